The predicted octanol–water partition coefficient (Wildman–Crippen LogP) is 3.98. The Balaban J connectivity index is 1.16. The molecule has 1 saturated carbocycles. The van der Waals surface area contributed by atoms with Crippen molar-refractivity contribution < 1.29 is 22.5 Å². The van der Waals surface area contributed by atoms with Crippen molar-refractivity contribution in [2.24, 2.45) is 5.92 Å². The Morgan fingerprint density at radius 1 is 1.14 bits per heavy atom. The van der Waals surface area contributed by atoms with Crippen LogP contribution >= 0.6 is 0 Å². The van der Waals surface area contributed by atoms with Gasteiger partial charge in [0, 0.05) is 50.3 Å². The lowest BCUT2D eigenvalue weighted by atomic mass is 9.84. The average molecular weight is 494 g/mol. The van der Waals surface area contributed by atoms with Crippen LogP contribution in [-0.4, -0.2) is 57.8 Å². The van der Waals surface area contributed by atoms with Crippen molar-refractivity contribution in [1.82, 2.24) is 25.3 Å². The van der Waals surface area contributed by atoms with E-state index in [4.69, 9.17) is 4.52 Å². The number of aryl methyl sites for hydroxylation is 2. The Morgan fingerprint density at radius 3 is 2.63 bits per heavy atom. The lowest BCUT2D eigenvalue weighted by Gasteiger charge is -2.30. The van der Waals surface area contributed by atoms with Crippen LogP contribution in [0.1, 0.15) is 67.2 Å². The average Bonchev–Trinajstić information content (AvgIpc) is 3.10. The van der Waals surface area contributed by atoms with Gasteiger partial charge in [0.1, 0.15) is 0 Å². The Kier molecular flexibility index (Phi) is 8.41. The van der Waals surface area contributed by atoms with Crippen LogP contribution in [0.25, 0.3) is 0 Å². The van der Waals surface area contributed by atoms with Gasteiger partial charge in [0.05, 0.1) is 6.42 Å². The molecule has 1 aliphatic heterocycles. The van der Waals surface area contributed by atoms with Crippen molar-refractivity contribution in [3.8, 4) is 0 Å². The highest BCUT2D eigenvalue weighted by Gasteiger charge is 2.27. The minimum atomic E-state index is -4.15. The molecule has 1 aliphatic carbocycles. The number of nitrogens with zero attached hydrogens (tertiary/aromatic N) is 4. The molecule has 2 aliphatic rings. The predicted molar refractivity (Wildman–Crippen MR) is 124 cm³/mol. The van der Waals surface area contributed by atoms with Crippen LogP contribution in [-0.2, 0) is 30.5 Å². The van der Waals surface area contributed by atoms with Gasteiger partial charge >= 0.3 is 6.18 Å². The number of amides is 1. The monoisotopic (exact) mass is 493 g/mol. The van der Waals surface area contributed by atoms with E-state index in [1.165, 1.54) is 0 Å². The van der Waals surface area contributed by atoms with Crippen molar-refractivity contribution in [2.75, 3.05) is 19.6 Å². The quantitative estimate of drug-likeness (QED) is 0.599. The highest BCUT2D eigenvalue weighted by molar-refractivity contribution is 5.78. The number of carbonyl (C=O) groups excluding carboxylic acids is 1. The topological polar surface area (TPSA) is 84.2 Å². The maximum absolute atomic E-state index is 12.5. The first-order valence-corrected chi connectivity index (χ1v) is 12.6. The molecule has 0 atom stereocenters. The molecule has 0 saturated heterocycles. The van der Waals surface area contributed by atoms with Crippen LogP contribution in [0.15, 0.2) is 16.7 Å². The molecule has 1 N–H and O–H groups in total. The molecule has 0 unspecified atom stereocenters. The zero-order valence-electron chi connectivity index (χ0n) is 20.2. The van der Waals surface area contributed by atoms with Crippen molar-refractivity contribution in [1.29, 1.82) is 0 Å². The van der Waals surface area contributed by atoms with E-state index in [1.54, 1.807) is 13.0 Å². The first kappa shape index (κ1) is 25.6. The van der Waals surface area contributed by atoms with Gasteiger partial charge in [-0.3, -0.25) is 9.78 Å². The first-order valence-electron chi connectivity index (χ1n) is 12.6. The first-order chi connectivity index (χ1) is 16.7. The van der Waals surface area contributed by atoms with Crippen molar-refractivity contribution in [2.45, 2.75) is 83.4 Å². The van der Waals surface area contributed by atoms with E-state index < -0.39 is 12.6 Å². The van der Waals surface area contributed by atoms with Crippen molar-refractivity contribution in [3.63, 3.8) is 0 Å². The number of rotatable bonds is 8. The molecule has 7 nitrogen and oxygen atoms in total. The number of carbonyl (C=O) groups is 1. The molecule has 0 spiro atoms. The summed E-state index contributed by atoms with van der Waals surface area (Å²) in [6.45, 7) is 4.57. The largest absolute Gasteiger partial charge is 0.389 e. The fourth-order valence-electron chi connectivity index (χ4n) is 5.10. The zero-order chi connectivity index (χ0) is 24.8. The second kappa shape index (κ2) is 11.5. The third kappa shape index (κ3) is 8.02. The van der Waals surface area contributed by atoms with Crippen LogP contribution in [0.2, 0.25) is 0 Å². The summed E-state index contributed by atoms with van der Waals surface area (Å²) >= 11 is 0. The molecule has 0 aromatic carbocycles. The lowest BCUT2D eigenvalue weighted by Crippen LogP contribution is -2.39. The van der Waals surface area contributed by atoms with Crippen LogP contribution < -0.4 is 5.32 Å². The molecule has 2 aromatic rings. The van der Waals surface area contributed by atoms with Crippen molar-refractivity contribution >= 4 is 5.91 Å². The SMILES string of the molecule is Cc1nc(CC(=O)N[C@H]2CC[C@H](CCN3CCc4ccc(CCC(F)(F)F)nc4CC3)CC2)no1. The molecule has 1 fully saturated rings. The van der Waals surface area contributed by atoms with Crippen LogP contribution in [0.5, 0.6) is 0 Å². The maximum Gasteiger partial charge on any atom is 0.389 e. The summed E-state index contributed by atoms with van der Waals surface area (Å²) in [4.78, 5) is 23.3. The van der Waals surface area contributed by atoms with Crippen molar-refractivity contribution in [3.05, 3.63) is 40.8 Å². The zero-order valence-corrected chi connectivity index (χ0v) is 20.2. The Bertz CT molecular complexity index is 986. The molecular formula is C25H34F3N5O2. The van der Waals surface area contributed by atoms with Gasteiger partial charge in [0.2, 0.25) is 11.8 Å². The van der Waals surface area contributed by atoms with Gasteiger partial charge in [-0.2, -0.15) is 18.2 Å². The molecule has 1 amide bonds. The summed E-state index contributed by atoms with van der Waals surface area (Å²) in [7, 11) is 0. The van der Waals surface area contributed by atoms with E-state index in [1.807, 2.05) is 6.07 Å². The van der Waals surface area contributed by atoms with E-state index >= 15 is 0 Å². The number of hydrogen-bond acceptors (Lipinski definition) is 6. The van der Waals surface area contributed by atoms with E-state index in [0.717, 1.165) is 75.8 Å². The Labute approximate surface area is 203 Å². The van der Waals surface area contributed by atoms with Gasteiger partial charge in [-0.25, -0.2) is 0 Å². The van der Waals surface area contributed by atoms with Gasteiger partial charge in [-0.15, -0.1) is 0 Å². The summed E-state index contributed by atoms with van der Waals surface area (Å²) < 4.78 is 42.5. The molecule has 3 heterocycles. The maximum atomic E-state index is 12.5. The summed E-state index contributed by atoms with van der Waals surface area (Å²) in [6.07, 6.45) is 2.09. The molecular weight excluding hydrogens is 459 g/mol. The van der Waals surface area contributed by atoms with E-state index in [-0.39, 0.29) is 24.8 Å². The second-order valence-corrected chi connectivity index (χ2v) is 9.85. The number of nitrogens with one attached hydrogen (secondary N) is 1. The summed E-state index contributed by atoms with van der Waals surface area (Å²) in [5.41, 5.74) is 2.65. The molecule has 4 rings (SSSR count). The molecule has 0 radical (unpaired) electrons. The van der Waals surface area contributed by atoms with Crippen LogP contribution in [0.3, 0.4) is 0 Å². The molecule has 192 valence electrons. The van der Waals surface area contributed by atoms with Gasteiger partial charge in [0.25, 0.3) is 0 Å². The highest BCUT2D eigenvalue weighted by atomic mass is 19.4. The summed E-state index contributed by atoms with van der Waals surface area (Å²) in [5, 5.41) is 6.88. The number of alkyl halides is 3. The summed E-state index contributed by atoms with van der Waals surface area (Å²) in [5.74, 6) is 1.47. The van der Waals surface area contributed by atoms with Gasteiger partial charge in [-0.1, -0.05) is 11.2 Å². The number of pyridine rings is 1. The summed E-state index contributed by atoms with van der Waals surface area (Å²) in [6, 6.07) is 3.92. The van der Waals surface area contributed by atoms with E-state index in [9.17, 15) is 18.0 Å². The minimum Gasteiger partial charge on any atom is -0.353 e. The standard InChI is InChI=1S/C25H34F3N5O2/c1-17-29-23(32-35-17)16-24(34)31-20-5-2-18(3-6-20)9-13-33-14-10-19-4-7-21(8-12-25(26,27)28)30-22(19)11-15-33/h4,7,18,20H,2-3,5-6,8-16H2,1H3,(H,31,34)/t18-,20-. The number of hydrogen-bond donors (Lipinski definition) is 1. The third-order valence-electron chi connectivity index (χ3n) is 7.11. The number of fused-ring (bicyclic) bond motifs is 1. The number of aromatic nitrogens is 3. The third-order valence-corrected chi connectivity index (χ3v) is 7.11. The minimum absolute atomic E-state index is 0.0552. The fourth-order valence-corrected chi connectivity index (χ4v) is 5.10. The van der Waals surface area contributed by atoms with E-state index in [2.05, 4.69) is 25.3 Å². The van der Waals surface area contributed by atoms with Crippen LogP contribution in [0, 0.1) is 12.8 Å². The molecule has 10 heteroatoms. The lowest BCUT2D eigenvalue weighted by molar-refractivity contribution is -0.134. The van der Waals surface area contributed by atoms with E-state index in [0.29, 0.717) is 23.3 Å². The normalized spacial score (nSPS) is 21.4. The van der Waals surface area contributed by atoms with Gasteiger partial charge < -0.3 is 14.7 Å². The Morgan fingerprint density at radius 2 is 1.91 bits per heavy atom. The smallest absolute Gasteiger partial charge is 0.353 e. The van der Waals surface area contributed by atoms with Gasteiger partial charge in [0.15, 0.2) is 5.82 Å². The molecule has 35 heavy (non-hydrogen) atoms. The molecule has 0 bridgehead atoms. The van der Waals surface area contributed by atoms with Gasteiger partial charge in [-0.05, 0) is 69.0 Å². The molecule has 2 aromatic heterocycles. The highest BCUT2D eigenvalue weighted by Crippen LogP contribution is 2.28. The second-order valence-electron chi connectivity index (χ2n) is 9.85. The fraction of sp³-hybridized carbons (Fsp3) is 0.680. The number of halogens is 3. The Hall–Kier alpha value is -2.49. The van der Waals surface area contributed by atoms with Crippen LogP contribution in [0.4, 0.5) is 13.2 Å².